The van der Waals surface area contributed by atoms with Gasteiger partial charge in [-0.05, 0) is 88.9 Å². The van der Waals surface area contributed by atoms with Crippen molar-refractivity contribution < 1.29 is 0 Å². The zero-order valence-electron chi connectivity index (χ0n) is 15.7. The van der Waals surface area contributed by atoms with E-state index in [0.717, 1.165) is 19.3 Å². The van der Waals surface area contributed by atoms with E-state index < -0.39 is 0 Å². The lowest BCUT2D eigenvalue weighted by Gasteiger charge is -2.17. The van der Waals surface area contributed by atoms with Crippen LogP contribution in [0.2, 0.25) is 0 Å². The van der Waals surface area contributed by atoms with Crippen LogP contribution in [-0.4, -0.2) is 0 Å². The van der Waals surface area contributed by atoms with E-state index >= 15 is 0 Å². The molecular weight excluding hydrogens is 356 g/mol. The van der Waals surface area contributed by atoms with Gasteiger partial charge in [-0.15, -0.1) is 11.3 Å². The van der Waals surface area contributed by atoms with Gasteiger partial charge in [0.2, 0.25) is 0 Å². The Hall–Kier alpha value is -2.64. The molecule has 0 saturated heterocycles. The molecule has 0 atom stereocenters. The van der Waals surface area contributed by atoms with Crippen molar-refractivity contribution in [1.82, 2.24) is 0 Å². The average Bonchev–Trinajstić information content (AvgIpc) is 3.31. The van der Waals surface area contributed by atoms with Crippen molar-refractivity contribution in [3.8, 4) is 0 Å². The number of rotatable bonds is 0. The molecule has 0 aliphatic heterocycles. The van der Waals surface area contributed by atoms with Gasteiger partial charge in [-0.1, -0.05) is 48.1 Å². The number of hydrogen-bond acceptors (Lipinski definition) is 1. The van der Waals surface area contributed by atoms with E-state index in [9.17, 15) is 0 Å². The second kappa shape index (κ2) is 5.46. The summed E-state index contributed by atoms with van der Waals surface area (Å²) in [5.74, 6) is 0. The maximum Gasteiger partial charge on any atom is 0.0399 e. The molecule has 28 heavy (non-hydrogen) atoms. The molecule has 1 heterocycles. The number of benzene rings is 3. The summed E-state index contributed by atoms with van der Waals surface area (Å²) in [7, 11) is 0. The van der Waals surface area contributed by atoms with Crippen molar-refractivity contribution in [1.29, 1.82) is 0 Å². The molecule has 0 saturated carbocycles. The third kappa shape index (κ3) is 1.90. The van der Waals surface area contributed by atoms with E-state index in [1.807, 2.05) is 11.3 Å². The summed E-state index contributed by atoms with van der Waals surface area (Å²) in [5.41, 5.74) is 9.20. The first kappa shape index (κ1) is 15.3. The van der Waals surface area contributed by atoms with Crippen LogP contribution in [0.25, 0.3) is 42.6 Å². The van der Waals surface area contributed by atoms with Crippen molar-refractivity contribution in [2.45, 2.75) is 32.1 Å². The average molecular weight is 377 g/mol. The fourth-order valence-electron chi connectivity index (χ4n) is 5.55. The standard InChI is InChI=1S/C27H20S/c1-2-8-18-16(7-1)13-17-14-24-23(15-22(17)18)19-9-3-4-10-20(19)27-26(24)21-11-5-6-12-25(21)28-27/h2-3,5-6,8-9,11-12,14-15H,1,4,7,10,13H2. The summed E-state index contributed by atoms with van der Waals surface area (Å²) in [6, 6.07) is 14.0. The highest BCUT2D eigenvalue weighted by Gasteiger charge is 2.25. The van der Waals surface area contributed by atoms with Gasteiger partial charge < -0.3 is 0 Å². The molecule has 4 aromatic rings. The van der Waals surface area contributed by atoms with Crippen LogP contribution in [0.4, 0.5) is 0 Å². The molecular formula is C27H20S. The van der Waals surface area contributed by atoms with Gasteiger partial charge in [0.05, 0.1) is 0 Å². The first-order chi connectivity index (χ1) is 13.9. The fraction of sp³-hybridized carbons (Fsp3) is 0.185. The molecule has 0 N–H and O–H groups in total. The van der Waals surface area contributed by atoms with E-state index in [1.54, 1.807) is 11.1 Å². The van der Waals surface area contributed by atoms with Crippen molar-refractivity contribution in [2.24, 2.45) is 0 Å². The van der Waals surface area contributed by atoms with Crippen LogP contribution in [0.15, 0.2) is 60.2 Å². The molecule has 3 aromatic carbocycles. The lowest BCUT2D eigenvalue weighted by Crippen LogP contribution is -1.97. The van der Waals surface area contributed by atoms with Crippen LogP contribution >= 0.6 is 11.3 Å². The number of allylic oxidation sites excluding steroid dienone is 5. The summed E-state index contributed by atoms with van der Waals surface area (Å²) >= 11 is 1.99. The van der Waals surface area contributed by atoms with Gasteiger partial charge >= 0.3 is 0 Å². The zero-order valence-corrected chi connectivity index (χ0v) is 16.5. The van der Waals surface area contributed by atoms with Crippen LogP contribution in [0.1, 0.15) is 41.5 Å². The van der Waals surface area contributed by atoms with E-state index in [4.69, 9.17) is 0 Å². The van der Waals surface area contributed by atoms with Gasteiger partial charge in [-0.3, -0.25) is 0 Å². The van der Waals surface area contributed by atoms with E-state index in [2.05, 4.69) is 60.7 Å². The van der Waals surface area contributed by atoms with Crippen LogP contribution in [0.3, 0.4) is 0 Å². The van der Waals surface area contributed by atoms with E-state index in [-0.39, 0.29) is 0 Å². The summed E-state index contributed by atoms with van der Waals surface area (Å²) in [4.78, 5) is 0. The topological polar surface area (TPSA) is 0 Å². The Morgan fingerprint density at radius 3 is 2.71 bits per heavy atom. The molecule has 3 aliphatic rings. The molecule has 0 bridgehead atoms. The Balaban J connectivity index is 1.68. The molecule has 0 fully saturated rings. The quantitative estimate of drug-likeness (QED) is 0.293. The van der Waals surface area contributed by atoms with Gasteiger partial charge in [0, 0.05) is 20.2 Å². The number of aryl methyl sites for hydroxylation is 1. The monoisotopic (exact) mass is 376 g/mol. The molecule has 7 rings (SSSR count). The Kier molecular flexibility index (Phi) is 2.98. The van der Waals surface area contributed by atoms with Crippen LogP contribution < -0.4 is 0 Å². The summed E-state index contributed by atoms with van der Waals surface area (Å²) in [6.45, 7) is 0. The van der Waals surface area contributed by atoms with Crippen molar-refractivity contribution >= 4 is 53.9 Å². The largest absolute Gasteiger partial charge is 0.135 e. The van der Waals surface area contributed by atoms with Crippen LogP contribution in [0, 0.1) is 0 Å². The predicted octanol–water partition coefficient (Wildman–Crippen LogP) is 7.83. The van der Waals surface area contributed by atoms with Gasteiger partial charge in [0.25, 0.3) is 0 Å². The molecule has 1 aromatic heterocycles. The second-order valence-electron chi connectivity index (χ2n) is 8.33. The highest BCUT2D eigenvalue weighted by atomic mass is 32.1. The van der Waals surface area contributed by atoms with Crippen LogP contribution in [-0.2, 0) is 12.8 Å². The predicted molar refractivity (Wildman–Crippen MR) is 123 cm³/mol. The SMILES string of the molecule is C1=CC2=C(CC1)Cc1cc3c(cc12)c1c(c2sc4ccccc4c23)CCC=C1. The molecule has 3 aliphatic carbocycles. The van der Waals surface area contributed by atoms with Crippen molar-refractivity contribution in [3.63, 3.8) is 0 Å². The Morgan fingerprint density at radius 2 is 1.71 bits per heavy atom. The van der Waals surface area contributed by atoms with E-state index in [1.165, 1.54) is 66.0 Å². The minimum absolute atomic E-state index is 1.14. The molecule has 0 nitrogen and oxygen atoms in total. The first-order valence-electron chi connectivity index (χ1n) is 10.4. The molecule has 0 radical (unpaired) electrons. The summed E-state index contributed by atoms with van der Waals surface area (Å²) < 4.78 is 2.94. The van der Waals surface area contributed by atoms with Gasteiger partial charge in [0.15, 0.2) is 0 Å². The minimum atomic E-state index is 1.14. The summed E-state index contributed by atoms with van der Waals surface area (Å²) in [5, 5.41) is 5.84. The Bertz CT molecular complexity index is 1420. The highest BCUT2D eigenvalue weighted by molar-refractivity contribution is 7.26. The fourth-order valence-corrected chi connectivity index (χ4v) is 6.86. The smallest absolute Gasteiger partial charge is 0.0399 e. The third-order valence-corrected chi connectivity index (χ3v) is 8.05. The lowest BCUT2D eigenvalue weighted by atomic mass is 9.87. The highest BCUT2D eigenvalue weighted by Crippen LogP contribution is 2.47. The van der Waals surface area contributed by atoms with Gasteiger partial charge in [0.1, 0.15) is 0 Å². The zero-order chi connectivity index (χ0) is 18.2. The normalized spacial score (nSPS) is 17.6. The molecule has 1 heteroatoms. The van der Waals surface area contributed by atoms with E-state index in [0.29, 0.717) is 0 Å². The molecule has 0 amide bonds. The second-order valence-corrected chi connectivity index (χ2v) is 9.38. The molecule has 0 spiro atoms. The maximum absolute atomic E-state index is 2.53. The lowest BCUT2D eigenvalue weighted by molar-refractivity contribution is 0.935. The van der Waals surface area contributed by atoms with Gasteiger partial charge in [-0.2, -0.15) is 0 Å². The number of hydrogen-bond donors (Lipinski definition) is 0. The maximum atomic E-state index is 2.53. The molecule has 0 unspecified atom stereocenters. The van der Waals surface area contributed by atoms with Crippen molar-refractivity contribution in [3.05, 3.63) is 82.5 Å². The van der Waals surface area contributed by atoms with Crippen molar-refractivity contribution in [2.75, 3.05) is 0 Å². The Labute approximate surface area is 168 Å². The Morgan fingerprint density at radius 1 is 0.821 bits per heavy atom. The van der Waals surface area contributed by atoms with Crippen LogP contribution in [0.5, 0.6) is 0 Å². The summed E-state index contributed by atoms with van der Waals surface area (Å²) in [6.07, 6.45) is 15.4. The van der Waals surface area contributed by atoms with Gasteiger partial charge in [-0.25, -0.2) is 0 Å². The minimum Gasteiger partial charge on any atom is -0.135 e. The first-order valence-corrected chi connectivity index (χ1v) is 11.2. The number of thiophene rings is 1. The third-order valence-electron chi connectivity index (χ3n) is 6.82. The number of fused-ring (bicyclic) bond motifs is 10. The molecule has 134 valence electrons.